The van der Waals surface area contributed by atoms with Crippen LogP contribution in [0.2, 0.25) is 0 Å². The van der Waals surface area contributed by atoms with Crippen LogP contribution in [0.3, 0.4) is 0 Å². The third kappa shape index (κ3) is 1.60. The third-order valence-corrected chi connectivity index (χ3v) is 1.81. The van der Waals surface area contributed by atoms with Crippen molar-refractivity contribution in [3.05, 3.63) is 24.5 Å². The second-order valence-corrected chi connectivity index (χ2v) is 2.75. The number of hydrogen-bond donors (Lipinski definition) is 1. The van der Waals surface area contributed by atoms with Crippen molar-refractivity contribution in [2.75, 3.05) is 6.54 Å². The molecule has 0 spiro atoms. The standard InChI is InChI=1S/C8H10N6/c9-3-6-14-8(11-12-13-14)7-1-4-10-5-2-7/h1-2,4-5H,3,6,9H2. The fourth-order valence-electron chi connectivity index (χ4n) is 1.19. The van der Waals surface area contributed by atoms with Gasteiger partial charge in [0.15, 0.2) is 5.82 Å². The summed E-state index contributed by atoms with van der Waals surface area (Å²) in [6, 6.07) is 3.72. The maximum atomic E-state index is 5.44. The number of pyridine rings is 1. The molecule has 0 unspecified atom stereocenters. The molecule has 0 aliphatic rings. The Kier molecular flexibility index (Phi) is 2.46. The van der Waals surface area contributed by atoms with E-state index >= 15 is 0 Å². The highest BCUT2D eigenvalue weighted by molar-refractivity contribution is 5.52. The molecule has 0 fully saturated rings. The topological polar surface area (TPSA) is 82.5 Å². The first-order valence-corrected chi connectivity index (χ1v) is 4.28. The Bertz CT molecular complexity index is 395. The van der Waals surface area contributed by atoms with Crippen LogP contribution in [0.4, 0.5) is 0 Å². The van der Waals surface area contributed by atoms with Gasteiger partial charge in [-0.25, -0.2) is 4.68 Å². The lowest BCUT2D eigenvalue weighted by Gasteiger charge is -2.01. The molecule has 14 heavy (non-hydrogen) atoms. The molecule has 0 saturated carbocycles. The Hall–Kier alpha value is -1.82. The summed E-state index contributed by atoms with van der Waals surface area (Å²) < 4.78 is 1.68. The first kappa shape index (κ1) is 8.76. The maximum absolute atomic E-state index is 5.44. The van der Waals surface area contributed by atoms with Crippen LogP contribution in [0.1, 0.15) is 0 Å². The van der Waals surface area contributed by atoms with Crippen LogP contribution >= 0.6 is 0 Å². The van der Waals surface area contributed by atoms with Crippen LogP contribution in [0.15, 0.2) is 24.5 Å². The second kappa shape index (κ2) is 3.93. The summed E-state index contributed by atoms with van der Waals surface area (Å²) in [5.74, 6) is 0.720. The minimum Gasteiger partial charge on any atom is -0.329 e. The number of rotatable bonds is 3. The summed E-state index contributed by atoms with van der Waals surface area (Å²) in [5.41, 5.74) is 6.38. The van der Waals surface area contributed by atoms with Gasteiger partial charge in [-0.2, -0.15) is 0 Å². The molecular weight excluding hydrogens is 180 g/mol. The Morgan fingerprint density at radius 1 is 1.29 bits per heavy atom. The van der Waals surface area contributed by atoms with Crippen molar-refractivity contribution in [1.29, 1.82) is 0 Å². The van der Waals surface area contributed by atoms with Gasteiger partial charge >= 0.3 is 0 Å². The van der Waals surface area contributed by atoms with Crippen LogP contribution in [-0.2, 0) is 6.54 Å². The first-order valence-electron chi connectivity index (χ1n) is 4.28. The predicted molar refractivity (Wildman–Crippen MR) is 50.1 cm³/mol. The Morgan fingerprint density at radius 3 is 2.79 bits per heavy atom. The molecule has 2 aromatic heterocycles. The van der Waals surface area contributed by atoms with Gasteiger partial charge in [-0.1, -0.05) is 0 Å². The van der Waals surface area contributed by atoms with Crippen LogP contribution in [0, 0.1) is 0 Å². The second-order valence-electron chi connectivity index (χ2n) is 2.75. The van der Waals surface area contributed by atoms with Crippen molar-refractivity contribution in [1.82, 2.24) is 25.2 Å². The lowest BCUT2D eigenvalue weighted by molar-refractivity contribution is 0.603. The number of hydrogen-bond acceptors (Lipinski definition) is 5. The van der Waals surface area contributed by atoms with Gasteiger partial charge in [0.25, 0.3) is 0 Å². The minimum atomic E-state index is 0.517. The predicted octanol–water partition coefficient (Wildman–Crippen LogP) is -0.306. The van der Waals surface area contributed by atoms with Crippen molar-refractivity contribution in [3.63, 3.8) is 0 Å². The highest BCUT2D eigenvalue weighted by Crippen LogP contribution is 2.12. The highest BCUT2D eigenvalue weighted by atomic mass is 15.5. The molecule has 0 radical (unpaired) electrons. The number of tetrazole rings is 1. The van der Waals surface area contributed by atoms with Crippen LogP contribution in [0.5, 0.6) is 0 Å². The molecule has 2 aromatic rings. The molecule has 2 N–H and O–H groups in total. The lowest BCUT2D eigenvalue weighted by Crippen LogP contribution is -2.12. The molecule has 6 heteroatoms. The highest BCUT2D eigenvalue weighted by Gasteiger charge is 2.06. The van der Waals surface area contributed by atoms with Gasteiger partial charge in [-0.05, 0) is 22.6 Å². The Morgan fingerprint density at radius 2 is 2.07 bits per heavy atom. The van der Waals surface area contributed by atoms with E-state index < -0.39 is 0 Å². The van der Waals surface area contributed by atoms with Gasteiger partial charge in [-0.15, -0.1) is 5.10 Å². The number of nitrogens with two attached hydrogens (primary N) is 1. The van der Waals surface area contributed by atoms with Gasteiger partial charge in [-0.3, -0.25) is 4.98 Å². The summed E-state index contributed by atoms with van der Waals surface area (Å²) in [6.07, 6.45) is 3.41. The molecule has 6 nitrogen and oxygen atoms in total. The van der Waals surface area contributed by atoms with E-state index in [1.165, 1.54) is 0 Å². The van der Waals surface area contributed by atoms with Crippen LogP contribution < -0.4 is 5.73 Å². The monoisotopic (exact) mass is 190 g/mol. The van der Waals surface area contributed by atoms with E-state index in [4.69, 9.17) is 5.73 Å². The fraction of sp³-hybridized carbons (Fsp3) is 0.250. The van der Waals surface area contributed by atoms with E-state index in [0.717, 1.165) is 11.4 Å². The van der Waals surface area contributed by atoms with Gasteiger partial charge in [0.05, 0.1) is 6.54 Å². The molecule has 0 bridgehead atoms. The molecule has 0 aliphatic carbocycles. The van der Waals surface area contributed by atoms with Crippen molar-refractivity contribution in [3.8, 4) is 11.4 Å². The van der Waals surface area contributed by atoms with E-state index in [1.54, 1.807) is 17.1 Å². The van der Waals surface area contributed by atoms with Gasteiger partial charge in [0.1, 0.15) is 0 Å². The van der Waals surface area contributed by atoms with E-state index in [0.29, 0.717) is 13.1 Å². The third-order valence-electron chi connectivity index (χ3n) is 1.81. The van der Waals surface area contributed by atoms with Crippen molar-refractivity contribution in [2.45, 2.75) is 6.54 Å². The smallest absolute Gasteiger partial charge is 0.182 e. The molecule has 2 rings (SSSR count). The fourth-order valence-corrected chi connectivity index (χ4v) is 1.19. The summed E-state index contributed by atoms with van der Waals surface area (Å²) in [7, 11) is 0. The zero-order valence-corrected chi connectivity index (χ0v) is 7.54. The average molecular weight is 190 g/mol. The van der Waals surface area contributed by atoms with Gasteiger partial charge in [0.2, 0.25) is 0 Å². The summed E-state index contributed by atoms with van der Waals surface area (Å²) >= 11 is 0. The van der Waals surface area contributed by atoms with E-state index in [-0.39, 0.29) is 0 Å². The zero-order valence-electron chi connectivity index (χ0n) is 7.54. The summed E-state index contributed by atoms with van der Waals surface area (Å²) in [6.45, 7) is 1.13. The van der Waals surface area contributed by atoms with E-state index in [2.05, 4.69) is 20.5 Å². The molecule has 0 saturated heterocycles. The van der Waals surface area contributed by atoms with Crippen LogP contribution in [0.25, 0.3) is 11.4 Å². The number of nitrogens with zero attached hydrogens (tertiary/aromatic N) is 5. The molecular formula is C8H10N6. The largest absolute Gasteiger partial charge is 0.329 e. The first-order chi connectivity index (χ1) is 6.92. The summed E-state index contributed by atoms with van der Waals surface area (Å²) in [4.78, 5) is 3.93. The molecule has 0 aliphatic heterocycles. The quantitative estimate of drug-likeness (QED) is 0.718. The van der Waals surface area contributed by atoms with Crippen molar-refractivity contribution >= 4 is 0 Å². The maximum Gasteiger partial charge on any atom is 0.182 e. The minimum absolute atomic E-state index is 0.517. The normalized spacial score (nSPS) is 10.4. The van der Waals surface area contributed by atoms with E-state index in [9.17, 15) is 0 Å². The Balaban J connectivity index is 2.37. The summed E-state index contributed by atoms with van der Waals surface area (Å²) in [5, 5.41) is 11.4. The van der Waals surface area contributed by atoms with Gasteiger partial charge in [0, 0.05) is 24.5 Å². The van der Waals surface area contributed by atoms with Gasteiger partial charge < -0.3 is 5.73 Å². The molecule has 2 heterocycles. The molecule has 0 aromatic carbocycles. The zero-order chi connectivity index (χ0) is 9.80. The Labute approximate surface area is 80.8 Å². The lowest BCUT2D eigenvalue weighted by atomic mass is 10.2. The SMILES string of the molecule is NCCn1nnnc1-c1ccncc1. The molecule has 0 amide bonds. The van der Waals surface area contributed by atoms with Crippen molar-refractivity contribution in [2.24, 2.45) is 5.73 Å². The molecule has 0 atom stereocenters. The van der Waals surface area contributed by atoms with Crippen LogP contribution in [-0.4, -0.2) is 31.7 Å². The van der Waals surface area contributed by atoms with Crippen molar-refractivity contribution < 1.29 is 0 Å². The average Bonchev–Trinajstić information content (AvgIpc) is 2.68. The van der Waals surface area contributed by atoms with E-state index in [1.807, 2.05) is 12.1 Å². The molecule has 72 valence electrons. The number of aromatic nitrogens is 5.